The van der Waals surface area contributed by atoms with Gasteiger partial charge in [-0.3, -0.25) is 47.9 Å². The summed E-state index contributed by atoms with van der Waals surface area (Å²) < 4.78 is 6.27. The van der Waals surface area contributed by atoms with Gasteiger partial charge in [0.15, 0.2) is 0 Å². The Morgan fingerprint density at radius 1 is 0.857 bits per heavy atom. The van der Waals surface area contributed by atoms with Crippen molar-refractivity contribution < 1.29 is 14.4 Å². The van der Waals surface area contributed by atoms with E-state index in [1.54, 1.807) is 59.8 Å². The molecule has 13 nitrogen and oxygen atoms in total. The van der Waals surface area contributed by atoms with Crippen LogP contribution in [0.2, 0.25) is 0 Å². The van der Waals surface area contributed by atoms with Gasteiger partial charge in [0.25, 0.3) is 5.91 Å². The van der Waals surface area contributed by atoms with E-state index in [0.29, 0.717) is 22.3 Å². The Morgan fingerprint density at radius 3 is 2.41 bits per heavy atom. The van der Waals surface area contributed by atoms with Gasteiger partial charge in [-0.15, -0.1) is 0 Å². The van der Waals surface area contributed by atoms with Gasteiger partial charge in [0.05, 0.1) is 34.3 Å². The Morgan fingerprint density at radius 2 is 1.66 bits per heavy atom. The Kier molecular flexibility index (Phi) is 8.96. The number of nitrogens with one attached hydrogen (secondary N) is 2. The SMILES string of the molecule is CC(C)c1cc(-c2cccc3cc(-c4ccc(C(=O)NCC#Cc5ccc6c(c5)n(C5CCC(=O)NC5=O)c(=O)n6C)nc4)ncc23)cc2c1n(C)c(=O)n2C. The Hall–Kier alpha value is -7.07. The van der Waals surface area contributed by atoms with E-state index in [9.17, 15) is 24.0 Å². The first kappa shape index (κ1) is 35.9. The summed E-state index contributed by atoms with van der Waals surface area (Å²) in [6.45, 7) is 4.32. The molecular formula is C43H38N8O5. The Balaban J connectivity index is 0.979. The molecule has 5 heterocycles. The van der Waals surface area contributed by atoms with Crippen LogP contribution >= 0.6 is 0 Å². The molecule has 4 aromatic heterocycles. The van der Waals surface area contributed by atoms with E-state index < -0.39 is 11.9 Å². The van der Waals surface area contributed by atoms with Crippen molar-refractivity contribution in [3.05, 3.63) is 117 Å². The lowest BCUT2D eigenvalue weighted by Crippen LogP contribution is -2.44. The summed E-state index contributed by atoms with van der Waals surface area (Å²) in [6, 6.07) is 20.3. The first-order valence-corrected chi connectivity index (χ1v) is 18.3. The summed E-state index contributed by atoms with van der Waals surface area (Å²) in [5, 5.41) is 7.05. The molecule has 8 rings (SSSR count). The van der Waals surface area contributed by atoms with Crippen LogP contribution in [0.4, 0.5) is 0 Å². The van der Waals surface area contributed by atoms with E-state index in [2.05, 4.69) is 59.5 Å². The van der Waals surface area contributed by atoms with E-state index in [0.717, 1.165) is 44.1 Å². The van der Waals surface area contributed by atoms with Crippen LogP contribution in [0.15, 0.2) is 88.7 Å². The predicted octanol–water partition coefficient (Wildman–Crippen LogP) is 4.69. The predicted molar refractivity (Wildman–Crippen MR) is 214 cm³/mol. The van der Waals surface area contributed by atoms with E-state index in [-0.39, 0.29) is 54.2 Å². The molecule has 1 fully saturated rings. The maximum atomic E-state index is 13.0. The Bertz CT molecular complexity index is 2970. The van der Waals surface area contributed by atoms with Crippen LogP contribution < -0.4 is 22.0 Å². The second-order valence-electron chi connectivity index (χ2n) is 14.4. The van der Waals surface area contributed by atoms with Gasteiger partial charge in [-0.05, 0) is 82.9 Å². The first-order chi connectivity index (χ1) is 26.9. The third-order valence-electron chi connectivity index (χ3n) is 10.6. The highest BCUT2D eigenvalue weighted by atomic mass is 16.2. The Labute approximate surface area is 320 Å². The summed E-state index contributed by atoms with van der Waals surface area (Å²) >= 11 is 0. The van der Waals surface area contributed by atoms with Crippen LogP contribution in [0, 0.1) is 11.8 Å². The van der Waals surface area contributed by atoms with Crippen molar-refractivity contribution in [1.29, 1.82) is 0 Å². The molecule has 13 heteroatoms. The van der Waals surface area contributed by atoms with Crippen LogP contribution in [0.3, 0.4) is 0 Å². The molecule has 56 heavy (non-hydrogen) atoms. The summed E-state index contributed by atoms with van der Waals surface area (Å²) in [6.07, 6.45) is 3.86. The van der Waals surface area contributed by atoms with Crippen molar-refractivity contribution >= 4 is 50.6 Å². The standard InChI is InChI=1S/C43H38N8O5/c1-24(2)30-19-28(21-37-39(30)50(5)42(55)49(37)4)29-10-6-9-26-20-33(46-23-31(26)29)27-12-13-32(45-22-27)40(53)44-17-7-8-25-11-14-34-36(18-25)51(43(56)48(34)3)35-15-16-38(52)47-41(35)54/h6,9-14,18-24,35H,15-17H2,1-5H3,(H,44,53)(H,47,52,54). The zero-order valence-electron chi connectivity index (χ0n) is 31.5. The number of hydrogen-bond donors (Lipinski definition) is 2. The maximum Gasteiger partial charge on any atom is 0.329 e. The summed E-state index contributed by atoms with van der Waals surface area (Å²) in [4.78, 5) is 72.2. The minimum absolute atomic E-state index is 0.0514. The smallest absolute Gasteiger partial charge is 0.329 e. The highest BCUT2D eigenvalue weighted by Gasteiger charge is 2.31. The van der Waals surface area contributed by atoms with Crippen molar-refractivity contribution in [2.45, 2.75) is 38.6 Å². The number of hydrogen-bond acceptors (Lipinski definition) is 7. The third-order valence-corrected chi connectivity index (χ3v) is 10.6. The molecule has 0 saturated carbocycles. The maximum absolute atomic E-state index is 13.0. The highest BCUT2D eigenvalue weighted by Crippen LogP contribution is 2.35. The van der Waals surface area contributed by atoms with Crippen molar-refractivity contribution in [2.75, 3.05) is 6.54 Å². The topological polar surface area (TPSA) is 155 Å². The minimum Gasteiger partial charge on any atom is -0.340 e. The fourth-order valence-electron chi connectivity index (χ4n) is 7.58. The molecule has 0 aliphatic carbocycles. The van der Waals surface area contributed by atoms with Gasteiger partial charge >= 0.3 is 11.4 Å². The van der Waals surface area contributed by atoms with Gasteiger partial charge in [-0.2, -0.15) is 0 Å². The molecule has 3 amide bonds. The fraction of sp³-hybridized carbons (Fsp3) is 0.233. The van der Waals surface area contributed by atoms with Gasteiger partial charge in [-0.1, -0.05) is 43.9 Å². The van der Waals surface area contributed by atoms with Crippen molar-refractivity contribution in [2.24, 2.45) is 21.1 Å². The second kappa shape index (κ2) is 14.0. The van der Waals surface area contributed by atoms with Gasteiger partial charge in [0.1, 0.15) is 11.7 Å². The van der Waals surface area contributed by atoms with Crippen molar-refractivity contribution in [1.82, 2.24) is 38.9 Å². The van der Waals surface area contributed by atoms with Gasteiger partial charge in [0.2, 0.25) is 11.8 Å². The number of benzene rings is 3. The number of amides is 3. The first-order valence-electron chi connectivity index (χ1n) is 18.3. The van der Waals surface area contributed by atoms with E-state index >= 15 is 0 Å². The number of pyridine rings is 2. The quantitative estimate of drug-likeness (QED) is 0.185. The van der Waals surface area contributed by atoms with Gasteiger partial charge < -0.3 is 5.32 Å². The lowest BCUT2D eigenvalue weighted by molar-refractivity contribution is -0.135. The molecular weight excluding hydrogens is 709 g/mol. The molecule has 1 aliphatic heterocycles. The van der Waals surface area contributed by atoms with Crippen LogP contribution in [0.1, 0.15) is 60.3 Å². The van der Waals surface area contributed by atoms with Crippen LogP contribution in [-0.2, 0) is 30.7 Å². The number of fused-ring (bicyclic) bond motifs is 3. The van der Waals surface area contributed by atoms with Crippen molar-refractivity contribution in [3.8, 4) is 34.2 Å². The highest BCUT2D eigenvalue weighted by molar-refractivity contribution is 6.01. The van der Waals surface area contributed by atoms with Crippen LogP contribution in [-0.4, -0.2) is 52.5 Å². The van der Waals surface area contributed by atoms with Gasteiger partial charge in [-0.25, -0.2) is 9.59 Å². The molecule has 0 spiro atoms. The number of carbonyl (C=O) groups excluding carboxylic acids is 3. The average molecular weight is 747 g/mol. The summed E-state index contributed by atoms with van der Waals surface area (Å²) in [7, 11) is 5.24. The van der Waals surface area contributed by atoms with Crippen LogP contribution in [0.5, 0.6) is 0 Å². The third kappa shape index (κ3) is 6.14. The monoisotopic (exact) mass is 746 g/mol. The molecule has 1 unspecified atom stereocenters. The average Bonchev–Trinajstić information content (AvgIpc) is 3.57. The molecule has 7 aromatic rings. The number of imide groups is 1. The lowest BCUT2D eigenvalue weighted by Gasteiger charge is -2.21. The summed E-state index contributed by atoms with van der Waals surface area (Å²) in [5.74, 6) is 4.92. The van der Waals surface area contributed by atoms with E-state index in [4.69, 9.17) is 4.98 Å². The zero-order chi connectivity index (χ0) is 39.4. The molecule has 2 N–H and O–H groups in total. The number of piperidine rings is 1. The number of imidazole rings is 2. The molecule has 0 radical (unpaired) electrons. The molecule has 280 valence electrons. The molecule has 1 saturated heterocycles. The number of aryl methyl sites for hydroxylation is 3. The largest absolute Gasteiger partial charge is 0.340 e. The summed E-state index contributed by atoms with van der Waals surface area (Å²) in [5.41, 5.74) is 8.00. The van der Waals surface area contributed by atoms with E-state index in [1.807, 2.05) is 31.4 Å². The molecule has 3 aromatic carbocycles. The second-order valence-corrected chi connectivity index (χ2v) is 14.4. The van der Waals surface area contributed by atoms with Crippen molar-refractivity contribution in [3.63, 3.8) is 0 Å². The number of aromatic nitrogens is 6. The van der Waals surface area contributed by atoms with Gasteiger partial charge in [0, 0.05) is 56.5 Å². The minimum atomic E-state index is -0.797. The normalized spacial score (nSPS) is 14.4. The molecule has 1 aliphatic rings. The van der Waals surface area contributed by atoms with E-state index in [1.165, 1.54) is 9.13 Å². The molecule has 0 bridgehead atoms. The fourth-order valence-corrected chi connectivity index (χ4v) is 7.58. The number of nitrogens with zero attached hydrogens (tertiary/aromatic N) is 6. The zero-order valence-corrected chi connectivity index (χ0v) is 31.5. The molecule has 1 atom stereocenters. The lowest BCUT2D eigenvalue weighted by atomic mass is 9.93. The van der Waals surface area contributed by atoms with Crippen LogP contribution in [0.25, 0.3) is 55.2 Å². The number of carbonyl (C=O) groups is 3. The number of rotatable bonds is 6.